The number of thioether (sulfide) groups is 2. The predicted molar refractivity (Wildman–Crippen MR) is 336 cm³/mol. The molecular formula is C66H132N2O6S2. The molecule has 0 aliphatic rings. The van der Waals surface area contributed by atoms with Crippen molar-refractivity contribution < 1.29 is 30.0 Å². The number of carbonyl (C=O) groups excluding carboxylic acids is 2. The first-order valence-electron chi connectivity index (χ1n) is 33.6. The summed E-state index contributed by atoms with van der Waals surface area (Å²) in [6.07, 6.45) is 54.8. The molecule has 0 aromatic rings. The van der Waals surface area contributed by atoms with Crippen molar-refractivity contribution in [2.45, 2.75) is 360 Å². The Balaban J connectivity index is 4.84. The molecule has 0 bridgehead atoms. The van der Waals surface area contributed by atoms with Gasteiger partial charge in [0.05, 0.1) is 24.4 Å². The molecule has 0 fully saturated rings. The van der Waals surface area contributed by atoms with Crippen LogP contribution in [0.2, 0.25) is 0 Å². The monoisotopic (exact) mass is 1110 g/mol. The predicted octanol–water partition coefficient (Wildman–Crippen LogP) is 18.4. The average molecular weight is 1110 g/mol. The van der Waals surface area contributed by atoms with E-state index in [9.17, 15) is 30.0 Å². The summed E-state index contributed by atoms with van der Waals surface area (Å²) in [7, 11) is 0. The fourth-order valence-electron chi connectivity index (χ4n) is 10.8. The van der Waals surface area contributed by atoms with Gasteiger partial charge in [0.25, 0.3) is 0 Å². The summed E-state index contributed by atoms with van der Waals surface area (Å²) in [4.78, 5) is 30.5. The molecule has 0 aromatic carbocycles. The van der Waals surface area contributed by atoms with E-state index in [-0.39, 0.29) is 10.2 Å². The molecule has 4 atom stereocenters. The molecule has 0 amide bonds. The molecule has 76 heavy (non-hydrogen) atoms. The quantitative estimate of drug-likeness (QED) is 0.0438. The first-order chi connectivity index (χ1) is 37.1. The number of aliphatic hydroxyl groups is 4. The molecule has 8 nitrogen and oxygen atoms in total. The van der Waals surface area contributed by atoms with Gasteiger partial charge in [-0.15, -0.1) is 0 Å². The van der Waals surface area contributed by atoms with Gasteiger partial charge in [0.2, 0.25) is 0 Å². The lowest BCUT2D eigenvalue weighted by atomic mass is 10.0. The molecule has 0 saturated heterocycles. The van der Waals surface area contributed by atoms with Crippen LogP contribution in [-0.4, -0.2) is 116 Å². The Kier molecular flexibility index (Phi) is 60.7. The number of hydrogen-bond acceptors (Lipinski definition) is 10. The standard InChI is InChI=1S/C66H132N2O6S2/c1-5-9-13-17-21-25-29-33-37-41-47-61(69)57-67(58-62(70)48-42-38-34-30-26-22-18-14-10-6-2)53-51-65(73)75-55-45-46-56-76-66(74)52-54-68(59-63(71)49-43-39-35-31-27-23-19-15-11-7-3)60-64(72)50-44-40-36-32-28-24-20-16-12-8-4/h61-64,69-72H,5-60H2,1-4H3. The van der Waals surface area contributed by atoms with Crippen molar-refractivity contribution in [3.63, 3.8) is 0 Å². The van der Waals surface area contributed by atoms with Crippen molar-refractivity contribution in [2.75, 3.05) is 50.8 Å². The van der Waals surface area contributed by atoms with E-state index in [1.54, 1.807) is 0 Å². The molecule has 0 aliphatic carbocycles. The van der Waals surface area contributed by atoms with Gasteiger partial charge >= 0.3 is 0 Å². The minimum absolute atomic E-state index is 0.160. The lowest BCUT2D eigenvalue weighted by Gasteiger charge is -2.27. The van der Waals surface area contributed by atoms with Crippen molar-refractivity contribution in [1.82, 2.24) is 9.80 Å². The summed E-state index contributed by atoms with van der Waals surface area (Å²) in [5, 5.41) is 44.6. The van der Waals surface area contributed by atoms with Gasteiger partial charge in [-0.2, -0.15) is 0 Å². The van der Waals surface area contributed by atoms with E-state index < -0.39 is 24.4 Å². The molecule has 0 saturated carbocycles. The van der Waals surface area contributed by atoms with Gasteiger partial charge < -0.3 is 20.4 Å². The second kappa shape index (κ2) is 60.9. The molecule has 0 aliphatic heterocycles. The van der Waals surface area contributed by atoms with Crippen molar-refractivity contribution >= 4 is 33.8 Å². The zero-order chi connectivity index (χ0) is 55.6. The van der Waals surface area contributed by atoms with Crippen LogP contribution in [0, 0.1) is 0 Å². The van der Waals surface area contributed by atoms with Gasteiger partial charge in [0.1, 0.15) is 0 Å². The van der Waals surface area contributed by atoms with Gasteiger partial charge in [-0.25, -0.2) is 0 Å². The summed E-state index contributed by atoms with van der Waals surface area (Å²) >= 11 is 2.77. The number of rotatable bonds is 63. The van der Waals surface area contributed by atoms with Gasteiger partial charge in [-0.05, 0) is 38.5 Å². The van der Waals surface area contributed by atoms with Crippen LogP contribution >= 0.6 is 23.5 Å². The second-order valence-corrected chi connectivity index (χ2v) is 26.0. The van der Waals surface area contributed by atoms with E-state index >= 15 is 0 Å². The molecule has 4 N–H and O–H groups in total. The third kappa shape index (κ3) is 57.1. The lowest BCUT2D eigenvalue weighted by Crippen LogP contribution is -2.39. The van der Waals surface area contributed by atoms with Crippen LogP contribution in [0.5, 0.6) is 0 Å². The number of hydrogen-bond donors (Lipinski definition) is 4. The summed E-state index contributed by atoms with van der Waals surface area (Å²) in [5.41, 5.74) is 0. The first kappa shape index (κ1) is 75.8. The van der Waals surface area contributed by atoms with Gasteiger partial charge in [-0.3, -0.25) is 19.4 Å². The Morgan fingerprint density at radius 2 is 0.474 bits per heavy atom. The molecule has 0 spiro atoms. The molecule has 0 rings (SSSR count). The van der Waals surface area contributed by atoms with Crippen molar-refractivity contribution in [3.05, 3.63) is 0 Å². The molecule has 0 heterocycles. The highest BCUT2D eigenvalue weighted by Gasteiger charge is 2.19. The van der Waals surface area contributed by atoms with Crippen molar-refractivity contribution in [1.29, 1.82) is 0 Å². The second-order valence-electron chi connectivity index (χ2n) is 23.7. The fraction of sp³-hybridized carbons (Fsp3) is 0.970. The van der Waals surface area contributed by atoms with E-state index in [1.807, 2.05) is 0 Å². The smallest absolute Gasteiger partial charge is 0.190 e. The van der Waals surface area contributed by atoms with E-state index in [1.165, 1.54) is 229 Å². The molecule has 4 unspecified atom stereocenters. The third-order valence-corrected chi connectivity index (χ3v) is 17.8. The minimum atomic E-state index is -0.443. The van der Waals surface area contributed by atoms with Gasteiger partial charge in [-0.1, -0.05) is 308 Å². The number of aliphatic hydroxyl groups excluding tert-OH is 4. The molecular weight excluding hydrogens is 981 g/mol. The lowest BCUT2D eigenvalue weighted by molar-refractivity contribution is -0.112. The zero-order valence-electron chi connectivity index (χ0n) is 51.2. The molecule has 0 radical (unpaired) electrons. The maximum Gasteiger partial charge on any atom is 0.190 e. The van der Waals surface area contributed by atoms with E-state index in [0.717, 1.165) is 101 Å². The Hall–Kier alpha value is -0.200. The Labute approximate surface area is 482 Å². The normalized spacial score (nSPS) is 13.6. The highest BCUT2D eigenvalue weighted by atomic mass is 32.2. The maximum absolute atomic E-state index is 13.1. The minimum Gasteiger partial charge on any atom is -0.392 e. The van der Waals surface area contributed by atoms with Crippen LogP contribution in [0.4, 0.5) is 0 Å². The van der Waals surface area contributed by atoms with Gasteiger partial charge in [0, 0.05) is 63.6 Å². The van der Waals surface area contributed by atoms with Crippen molar-refractivity contribution in [3.8, 4) is 0 Å². The largest absolute Gasteiger partial charge is 0.392 e. The molecule has 454 valence electrons. The third-order valence-electron chi connectivity index (χ3n) is 15.8. The SMILES string of the molecule is CCCCCCCCCCCCC(O)CN(CCC(=O)SCCCCSC(=O)CCN(CC(O)CCCCCCCCCCCC)CC(O)CCCCCCCCCCCC)CC(O)CCCCCCCCCCCC. The number of nitrogens with zero attached hydrogens (tertiary/aromatic N) is 2. The fourth-order valence-corrected chi connectivity index (χ4v) is 12.4. The molecule has 0 aromatic heterocycles. The summed E-state index contributed by atoms with van der Waals surface area (Å²) < 4.78 is 0. The zero-order valence-corrected chi connectivity index (χ0v) is 52.9. The van der Waals surface area contributed by atoms with Gasteiger partial charge in [0.15, 0.2) is 10.2 Å². The van der Waals surface area contributed by atoms with Crippen molar-refractivity contribution in [2.24, 2.45) is 0 Å². The van der Waals surface area contributed by atoms with E-state index in [4.69, 9.17) is 0 Å². The maximum atomic E-state index is 13.1. The van der Waals surface area contributed by atoms with Crippen LogP contribution in [-0.2, 0) is 9.59 Å². The summed E-state index contributed by atoms with van der Waals surface area (Å²) in [6.45, 7) is 12.2. The Morgan fingerprint density at radius 3 is 0.671 bits per heavy atom. The Morgan fingerprint density at radius 1 is 0.289 bits per heavy atom. The number of unbranched alkanes of at least 4 members (excludes halogenated alkanes) is 37. The summed E-state index contributed by atoms with van der Waals surface area (Å²) in [6, 6.07) is 0. The first-order valence-corrected chi connectivity index (χ1v) is 35.6. The number of carbonyl (C=O) groups is 2. The van der Waals surface area contributed by atoms with E-state index in [2.05, 4.69) is 37.5 Å². The van der Waals surface area contributed by atoms with E-state index in [0.29, 0.717) is 52.1 Å². The Bertz CT molecular complexity index is 1030. The highest BCUT2D eigenvalue weighted by Crippen LogP contribution is 2.20. The van der Waals surface area contributed by atoms with Crippen LogP contribution in [0.15, 0.2) is 0 Å². The average Bonchev–Trinajstić information content (AvgIpc) is 3.40. The van der Waals surface area contributed by atoms with Crippen LogP contribution in [0.1, 0.15) is 336 Å². The topological polar surface area (TPSA) is 122 Å². The van der Waals surface area contributed by atoms with Crippen LogP contribution < -0.4 is 0 Å². The van der Waals surface area contributed by atoms with Crippen LogP contribution in [0.3, 0.4) is 0 Å². The van der Waals surface area contributed by atoms with Crippen LogP contribution in [0.25, 0.3) is 0 Å². The highest BCUT2D eigenvalue weighted by molar-refractivity contribution is 8.13. The molecule has 10 heteroatoms. The summed E-state index contributed by atoms with van der Waals surface area (Å²) in [5.74, 6) is 1.47.